The summed E-state index contributed by atoms with van der Waals surface area (Å²) >= 11 is 5.82. The quantitative estimate of drug-likeness (QED) is 0.688. The molecule has 0 fully saturated rings. The van der Waals surface area contributed by atoms with Gasteiger partial charge in [0, 0.05) is 31.0 Å². The highest BCUT2D eigenvalue weighted by Crippen LogP contribution is 2.08. The van der Waals surface area contributed by atoms with Crippen LogP contribution in [0.2, 0.25) is 5.02 Å². The first-order chi connectivity index (χ1) is 7.58. The highest BCUT2D eigenvalue weighted by molar-refractivity contribution is 6.30. The van der Waals surface area contributed by atoms with Crippen LogP contribution in [0.4, 0.5) is 0 Å². The fraction of sp³-hybridized carbons (Fsp3) is 0.667. The third-order valence-corrected chi connectivity index (χ3v) is 2.57. The summed E-state index contributed by atoms with van der Waals surface area (Å²) < 4.78 is 0. The molecule has 0 spiro atoms. The maximum absolute atomic E-state index is 5.82. The largest absolute Gasteiger partial charge is 0.363 e. The Morgan fingerprint density at radius 3 is 2.62 bits per heavy atom. The molecule has 92 valence electrons. The molecule has 0 aromatic carbocycles. The fourth-order valence-electron chi connectivity index (χ4n) is 1.46. The molecule has 0 radical (unpaired) electrons. The van der Waals surface area contributed by atoms with Crippen LogP contribution in [-0.2, 0) is 6.54 Å². The van der Waals surface area contributed by atoms with E-state index in [1.165, 1.54) is 0 Å². The molecule has 1 unspecified atom stereocenters. The Morgan fingerprint density at radius 2 is 2.06 bits per heavy atom. The minimum Gasteiger partial charge on any atom is -0.363 e. The number of nitrogens with one attached hydrogen (secondary N) is 3. The monoisotopic (exact) mass is 243 g/mol. The first-order valence-corrected chi connectivity index (χ1v) is 6.22. The van der Waals surface area contributed by atoms with Gasteiger partial charge < -0.3 is 15.6 Å². The number of rotatable bonds is 7. The summed E-state index contributed by atoms with van der Waals surface area (Å²) in [7, 11) is 0. The molecule has 0 saturated heterocycles. The summed E-state index contributed by atoms with van der Waals surface area (Å²) in [5.74, 6) is 0.703. The number of hydrogen-bond acceptors (Lipinski definition) is 2. The highest BCUT2D eigenvalue weighted by atomic mass is 35.5. The van der Waals surface area contributed by atoms with Crippen LogP contribution in [0.3, 0.4) is 0 Å². The average Bonchev–Trinajstić information content (AvgIpc) is 2.61. The lowest BCUT2D eigenvalue weighted by atomic mass is 10.2. The van der Waals surface area contributed by atoms with Crippen LogP contribution in [-0.4, -0.2) is 24.1 Å². The molecule has 1 atom stereocenters. The van der Waals surface area contributed by atoms with E-state index in [1.54, 1.807) is 6.20 Å². The maximum atomic E-state index is 5.82. The second kappa shape index (κ2) is 6.94. The molecule has 0 aliphatic carbocycles. The van der Waals surface area contributed by atoms with E-state index in [9.17, 15) is 0 Å². The van der Waals surface area contributed by atoms with E-state index in [1.807, 2.05) is 6.07 Å². The van der Waals surface area contributed by atoms with E-state index in [2.05, 4.69) is 36.4 Å². The van der Waals surface area contributed by atoms with Gasteiger partial charge in [-0.2, -0.15) is 0 Å². The molecular weight excluding hydrogens is 222 g/mol. The second-order valence-corrected chi connectivity index (χ2v) is 5.11. The zero-order valence-electron chi connectivity index (χ0n) is 10.3. The summed E-state index contributed by atoms with van der Waals surface area (Å²) in [4.78, 5) is 3.12. The molecule has 1 heterocycles. The molecule has 0 amide bonds. The van der Waals surface area contributed by atoms with E-state index in [0.717, 1.165) is 30.4 Å². The van der Waals surface area contributed by atoms with Gasteiger partial charge >= 0.3 is 0 Å². The molecule has 1 aromatic heterocycles. The SMILES string of the molecule is CC(C)CNCC(C)NCc1cc(Cl)c[nH]1. The first kappa shape index (κ1) is 13.6. The molecule has 3 nitrogen and oxygen atoms in total. The molecule has 1 rings (SSSR count). The predicted molar refractivity (Wildman–Crippen MR) is 69.8 cm³/mol. The van der Waals surface area contributed by atoms with Gasteiger partial charge in [0.15, 0.2) is 0 Å². The smallest absolute Gasteiger partial charge is 0.0583 e. The summed E-state index contributed by atoms with van der Waals surface area (Å²) in [5, 5.41) is 7.63. The van der Waals surface area contributed by atoms with Crippen LogP contribution >= 0.6 is 11.6 Å². The summed E-state index contributed by atoms with van der Waals surface area (Å²) in [6.07, 6.45) is 1.81. The van der Waals surface area contributed by atoms with E-state index in [0.29, 0.717) is 12.0 Å². The topological polar surface area (TPSA) is 39.8 Å². The third kappa shape index (κ3) is 5.54. The van der Waals surface area contributed by atoms with Crippen molar-refractivity contribution in [3.63, 3.8) is 0 Å². The lowest BCUT2D eigenvalue weighted by Gasteiger charge is -2.15. The minimum absolute atomic E-state index is 0.459. The zero-order chi connectivity index (χ0) is 12.0. The summed E-state index contributed by atoms with van der Waals surface area (Å²) in [6.45, 7) is 9.50. The molecule has 3 N–H and O–H groups in total. The molecule has 0 aliphatic heterocycles. The van der Waals surface area contributed by atoms with Crippen LogP contribution < -0.4 is 10.6 Å². The van der Waals surface area contributed by atoms with Crippen LogP contribution in [0.25, 0.3) is 0 Å². The molecule has 16 heavy (non-hydrogen) atoms. The van der Waals surface area contributed by atoms with Gasteiger partial charge in [0.2, 0.25) is 0 Å². The van der Waals surface area contributed by atoms with Gasteiger partial charge in [0.05, 0.1) is 5.02 Å². The van der Waals surface area contributed by atoms with Crippen molar-refractivity contribution in [2.75, 3.05) is 13.1 Å². The summed E-state index contributed by atoms with van der Waals surface area (Å²) in [5.41, 5.74) is 1.13. The van der Waals surface area contributed by atoms with Crippen LogP contribution in [0.1, 0.15) is 26.5 Å². The summed E-state index contributed by atoms with van der Waals surface area (Å²) in [6, 6.07) is 2.41. The van der Waals surface area contributed by atoms with E-state index in [-0.39, 0.29) is 0 Å². The molecule has 0 bridgehead atoms. The van der Waals surface area contributed by atoms with Gasteiger partial charge in [-0.25, -0.2) is 0 Å². The van der Waals surface area contributed by atoms with Crippen LogP contribution in [0, 0.1) is 5.92 Å². The number of halogens is 1. The highest BCUT2D eigenvalue weighted by Gasteiger charge is 2.02. The van der Waals surface area contributed by atoms with Crippen molar-refractivity contribution in [1.29, 1.82) is 0 Å². The fourth-order valence-corrected chi connectivity index (χ4v) is 1.64. The minimum atomic E-state index is 0.459. The molecular formula is C12H22ClN3. The van der Waals surface area contributed by atoms with Crippen molar-refractivity contribution in [1.82, 2.24) is 15.6 Å². The number of aromatic nitrogens is 1. The zero-order valence-corrected chi connectivity index (χ0v) is 11.1. The number of H-pyrrole nitrogens is 1. The van der Waals surface area contributed by atoms with Gasteiger partial charge in [0.1, 0.15) is 0 Å². The van der Waals surface area contributed by atoms with Gasteiger partial charge in [-0.1, -0.05) is 25.4 Å². The van der Waals surface area contributed by atoms with Crippen LogP contribution in [0.5, 0.6) is 0 Å². The molecule has 4 heteroatoms. The van der Waals surface area contributed by atoms with Crippen molar-refractivity contribution in [3.05, 3.63) is 23.0 Å². The first-order valence-electron chi connectivity index (χ1n) is 5.85. The Bertz CT molecular complexity index is 296. The molecule has 0 aliphatic rings. The molecule has 0 saturated carbocycles. The Hall–Kier alpha value is -0.510. The Morgan fingerprint density at radius 1 is 1.31 bits per heavy atom. The van der Waals surface area contributed by atoms with Crippen molar-refractivity contribution in [3.8, 4) is 0 Å². The molecule has 1 aromatic rings. The van der Waals surface area contributed by atoms with Crippen LogP contribution in [0.15, 0.2) is 12.3 Å². The maximum Gasteiger partial charge on any atom is 0.0583 e. The second-order valence-electron chi connectivity index (χ2n) is 4.68. The van der Waals surface area contributed by atoms with Gasteiger partial charge in [-0.3, -0.25) is 0 Å². The predicted octanol–water partition coefficient (Wildman–Crippen LogP) is 2.39. The van der Waals surface area contributed by atoms with Crippen molar-refractivity contribution in [2.45, 2.75) is 33.4 Å². The van der Waals surface area contributed by atoms with Gasteiger partial charge in [-0.15, -0.1) is 0 Å². The van der Waals surface area contributed by atoms with E-state index < -0.39 is 0 Å². The standard InChI is InChI=1S/C12H22ClN3/c1-9(2)5-14-6-10(3)15-8-12-4-11(13)7-16-12/h4,7,9-10,14-16H,5-6,8H2,1-3H3. The lowest BCUT2D eigenvalue weighted by Crippen LogP contribution is -2.37. The Balaban J connectivity index is 2.12. The van der Waals surface area contributed by atoms with Crippen molar-refractivity contribution in [2.24, 2.45) is 5.92 Å². The Kier molecular flexibility index (Phi) is 5.88. The lowest BCUT2D eigenvalue weighted by molar-refractivity contribution is 0.470. The Labute approximate surface area is 103 Å². The normalized spacial score (nSPS) is 13.3. The van der Waals surface area contributed by atoms with Crippen molar-refractivity contribution >= 4 is 11.6 Å². The average molecular weight is 244 g/mol. The number of aromatic amines is 1. The van der Waals surface area contributed by atoms with Gasteiger partial charge in [0.25, 0.3) is 0 Å². The van der Waals surface area contributed by atoms with E-state index >= 15 is 0 Å². The van der Waals surface area contributed by atoms with Crippen molar-refractivity contribution < 1.29 is 0 Å². The third-order valence-electron chi connectivity index (χ3n) is 2.35. The number of hydrogen-bond donors (Lipinski definition) is 3. The van der Waals surface area contributed by atoms with E-state index in [4.69, 9.17) is 11.6 Å². The van der Waals surface area contributed by atoms with Gasteiger partial charge in [-0.05, 0) is 25.5 Å².